The van der Waals surface area contributed by atoms with Gasteiger partial charge < -0.3 is 14.9 Å². The monoisotopic (exact) mass is 288 g/mol. The summed E-state index contributed by atoms with van der Waals surface area (Å²) >= 11 is 0. The topological polar surface area (TPSA) is 56.6 Å². The first-order valence-electron chi connectivity index (χ1n) is 6.79. The van der Waals surface area contributed by atoms with E-state index in [2.05, 4.69) is 9.88 Å². The third-order valence-corrected chi connectivity index (χ3v) is 3.27. The SMILES string of the molecule is CN(CCc1ccccn1)Cc1ccc(F)c(B(O)O)c1. The summed E-state index contributed by atoms with van der Waals surface area (Å²) < 4.78 is 13.4. The van der Waals surface area contributed by atoms with E-state index >= 15 is 0 Å². The van der Waals surface area contributed by atoms with Crippen LogP contribution in [0.25, 0.3) is 0 Å². The second-order valence-corrected chi connectivity index (χ2v) is 5.04. The van der Waals surface area contributed by atoms with Crippen LogP contribution in [0.4, 0.5) is 4.39 Å². The van der Waals surface area contributed by atoms with Gasteiger partial charge in [0.25, 0.3) is 0 Å². The molecule has 1 heterocycles. The molecule has 0 unspecified atom stereocenters. The fourth-order valence-electron chi connectivity index (χ4n) is 2.13. The Kier molecular flexibility index (Phi) is 5.44. The summed E-state index contributed by atoms with van der Waals surface area (Å²) in [6.45, 7) is 1.41. The lowest BCUT2D eigenvalue weighted by Gasteiger charge is -2.17. The number of aromatic nitrogens is 1. The molecular weight excluding hydrogens is 270 g/mol. The van der Waals surface area contributed by atoms with Gasteiger partial charge in [0.1, 0.15) is 5.82 Å². The minimum Gasteiger partial charge on any atom is -0.423 e. The van der Waals surface area contributed by atoms with Crippen LogP contribution in [0.1, 0.15) is 11.3 Å². The number of hydrogen-bond acceptors (Lipinski definition) is 4. The van der Waals surface area contributed by atoms with Crippen LogP contribution in [0.15, 0.2) is 42.6 Å². The number of nitrogens with zero attached hydrogens (tertiary/aromatic N) is 2. The zero-order valence-corrected chi connectivity index (χ0v) is 11.9. The maximum absolute atomic E-state index is 13.4. The summed E-state index contributed by atoms with van der Waals surface area (Å²) in [6.07, 6.45) is 2.60. The van der Waals surface area contributed by atoms with Crippen LogP contribution >= 0.6 is 0 Å². The minimum absolute atomic E-state index is 0.0920. The van der Waals surface area contributed by atoms with Crippen molar-refractivity contribution in [3.63, 3.8) is 0 Å². The van der Waals surface area contributed by atoms with Crippen molar-refractivity contribution in [3.8, 4) is 0 Å². The van der Waals surface area contributed by atoms with E-state index in [0.717, 1.165) is 24.2 Å². The average molecular weight is 288 g/mol. The lowest BCUT2D eigenvalue weighted by molar-refractivity contribution is 0.330. The summed E-state index contributed by atoms with van der Waals surface area (Å²) in [5, 5.41) is 18.2. The fourth-order valence-corrected chi connectivity index (χ4v) is 2.13. The second kappa shape index (κ2) is 7.31. The maximum atomic E-state index is 13.4. The molecule has 2 N–H and O–H groups in total. The third kappa shape index (κ3) is 4.63. The molecule has 0 saturated carbocycles. The van der Waals surface area contributed by atoms with Crippen LogP contribution in [0.3, 0.4) is 0 Å². The molecule has 0 aliphatic rings. The second-order valence-electron chi connectivity index (χ2n) is 5.04. The van der Waals surface area contributed by atoms with E-state index in [4.69, 9.17) is 10.0 Å². The molecule has 0 aliphatic carbocycles. The number of halogens is 1. The van der Waals surface area contributed by atoms with E-state index in [1.807, 2.05) is 25.2 Å². The number of benzene rings is 1. The predicted molar refractivity (Wildman–Crippen MR) is 80.5 cm³/mol. The zero-order valence-electron chi connectivity index (χ0n) is 11.9. The molecule has 1 aromatic carbocycles. The highest BCUT2D eigenvalue weighted by Crippen LogP contribution is 2.06. The van der Waals surface area contributed by atoms with Crippen LogP contribution in [-0.4, -0.2) is 40.6 Å². The summed E-state index contributed by atoms with van der Waals surface area (Å²) in [5.74, 6) is -0.607. The van der Waals surface area contributed by atoms with E-state index in [0.29, 0.717) is 6.54 Å². The molecule has 2 aromatic rings. The molecule has 0 bridgehead atoms. The van der Waals surface area contributed by atoms with Gasteiger partial charge in [0.15, 0.2) is 0 Å². The smallest absolute Gasteiger partial charge is 0.423 e. The molecule has 0 fully saturated rings. The van der Waals surface area contributed by atoms with E-state index in [9.17, 15) is 4.39 Å². The molecule has 0 spiro atoms. The summed E-state index contributed by atoms with van der Waals surface area (Å²) in [4.78, 5) is 6.34. The molecule has 110 valence electrons. The first kappa shape index (κ1) is 15.6. The van der Waals surface area contributed by atoms with Gasteiger partial charge in [-0.15, -0.1) is 0 Å². The Labute approximate surface area is 124 Å². The molecule has 6 heteroatoms. The van der Waals surface area contributed by atoms with Gasteiger partial charge in [0.2, 0.25) is 0 Å². The highest BCUT2D eigenvalue weighted by molar-refractivity contribution is 6.58. The molecular formula is C15H18BFN2O2. The third-order valence-electron chi connectivity index (χ3n) is 3.27. The molecule has 1 aromatic heterocycles. The van der Waals surface area contributed by atoms with Crippen LogP contribution in [0, 0.1) is 5.82 Å². The lowest BCUT2D eigenvalue weighted by atomic mass is 9.79. The largest absolute Gasteiger partial charge is 0.491 e. The van der Waals surface area contributed by atoms with E-state index in [1.165, 1.54) is 12.1 Å². The van der Waals surface area contributed by atoms with Crippen LogP contribution in [0.5, 0.6) is 0 Å². The number of rotatable bonds is 6. The van der Waals surface area contributed by atoms with Crippen molar-refractivity contribution < 1.29 is 14.4 Å². The summed E-state index contributed by atoms with van der Waals surface area (Å²) in [7, 11) is 0.171. The molecule has 0 atom stereocenters. The van der Waals surface area contributed by atoms with Gasteiger partial charge in [0, 0.05) is 36.9 Å². The average Bonchev–Trinajstić information content (AvgIpc) is 2.48. The fraction of sp³-hybridized carbons (Fsp3) is 0.267. The predicted octanol–water partition coefficient (Wildman–Crippen LogP) is 0.575. The van der Waals surface area contributed by atoms with Crippen molar-refractivity contribution in [3.05, 3.63) is 59.7 Å². The van der Waals surface area contributed by atoms with E-state index < -0.39 is 12.9 Å². The van der Waals surface area contributed by atoms with E-state index in [-0.39, 0.29) is 5.46 Å². The van der Waals surface area contributed by atoms with Crippen molar-refractivity contribution in [2.24, 2.45) is 0 Å². The van der Waals surface area contributed by atoms with Gasteiger partial charge in [0.05, 0.1) is 0 Å². The Balaban J connectivity index is 1.93. The van der Waals surface area contributed by atoms with Crippen molar-refractivity contribution in [2.75, 3.05) is 13.6 Å². The zero-order chi connectivity index (χ0) is 15.2. The highest BCUT2D eigenvalue weighted by Gasteiger charge is 2.17. The Bertz CT molecular complexity index is 581. The van der Waals surface area contributed by atoms with Gasteiger partial charge in [-0.05, 0) is 30.8 Å². The van der Waals surface area contributed by atoms with Crippen LogP contribution < -0.4 is 5.46 Å². The molecule has 0 radical (unpaired) electrons. The van der Waals surface area contributed by atoms with Gasteiger partial charge in [-0.25, -0.2) is 4.39 Å². The Morgan fingerprint density at radius 2 is 2.05 bits per heavy atom. The Hall–Kier alpha value is -1.76. The van der Waals surface area contributed by atoms with Gasteiger partial charge >= 0.3 is 7.12 Å². The van der Waals surface area contributed by atoms with Crippen molar-refractivity contribution >= 4 is 12.6 Å². The highest BCUT2D eigenvalue weighted by atomic mass is 19.1. The van der Waals surface area contributed by atoms with Crippen molar-refractivity contribution in [2.45, 2.75) is 13.0 Å². The van der Waals surface area contributed by atoms with Crippen LogP contribution in [0.2, 0.25) is 0 Å². The summed E-state index contributed by atoms with van der Waals surface area (Å²) in [6, 6.07) is 10.2. The van der Waals surface area contributed by atoms with Gasteiger partial charge in [-0.1, -0.05) is 18.2 Å². The Morgan fingerprint density at radius 1 is 1.24 bits per heavy atom. The quantitative estimate of drug-likeness (QED) is 0.763. The summed E-state index contributed by atoms with van der Waals surface area (Å²) in [5.41, 5.74) is 1.77. The van der Waals surface area contributed by atoms with Crippen molar-refractivity contribution in [1.82, 2.24) is 9.88 Å². The van der Waals surface area contributed by atoms with E-state index in [1.54, 1.807) is 12.3 Å². The first-order valence-corrected chi connectivity index (χ1v) is 6.79. The van der Waals surface area contributed by atoms with Gasteiger partial charge in [-0.3, -0.25) is 4.98 Å². The molecule has 0 aliphatic heterocycles. The molecule has 21 heavy (non-hydrogen) atoms. The first-order chi connectivity index (χ1) is 10.1. The molecule has 2 rings (SSSR count). The van der Waals surface area contributed by atoms with Crippen LogP contribution in [-0.2, 0) is 13.0 Å². The molecule has 4 nitrogen and oxygen atoms in total. The number of pyridine rings is 1. The normalized spacial score (nSPS) is 10.9. The number of hydrogen-bond donors (Lipinski definition) is 2. The lowest BCUT2D eigenvalue weighted by Crippen LogP contribution is -2.33. The maximum Gasteiger partial charge on any atom is 0.491 e. The van der Waals surface area contributed by atoms with Crippen molar-refractivity contribution in [1.29, 1.82) is 0 Å². The number of likely N-dealkylation sites (N-methyl/N-ethyl adjacent to an activating group) is 1. The van der Waals surface area contributed by atoms with Gasteiger partial charge in [-0.2, -0.15) is 0 Å². The molecule has 0 amide bonds. The molecule has 0 saturated heterocycles. The Morgan fingerprint density at radius 3 is 2.71 bits per heavy atom. The standard InChI is InChI=1S/C15H18BFN2O2/c1-19(9-7-13-4-2-3-8-18-13)11-12-5-6-15(17)14(10-12)16(20)21/h2-6,8,10,20-21H,7,9,11H2,1H3. The minimum atomic E-state index is -1.79.